The summed E-state index contributed by atoms with van der Waals surface area (Å²) < 4.78 is 13.8. The minimum absolute atomic E-state index is 0.0579. The summed E-state index contributed by atoms with van der Waals surface area (Å²) in [4.78, 5) is 16.0. The molecule has 0 unspecified atom stereocenters. The van der Waals surface area contributed by atoms with Crippen molar-refractivity contribution in [3.05, 3.63) is 130 Å². The van der Waals surface area contributed by atoms with Crippen molar-refractivity contribution in [1.29, 1.82) is 0 Å². The van der Waals surface area contributed by atoms with E-state index in [9.17, 15) is 15.0 Å². The van der Waals surface area contributed by atoms with Gasteiger partial charge in [0, 0.05) is 6.20 Å². The Bertz CT molecular complexity index is 1250. The van der Waals surface area contributed by atoms with Crippen LogP contribution in [0.15, 0.2) is 108 Å². The van der Waals surface area contributed by atoms with Crippen LogP contribution in [0.1, 0.15) is 22.9 Å². The zero-order valence-electron chi connectivity index (χ0n) is 19.4. The minimum atomic E-state index is -1.36. The average Bonchev–Trinajstić information content (AvgIpc) is 3.19. The van der Waals surface area contributed by atoms with Gasteiger partial charge in [0.1, 0.15) is 29.7 Å². The molecule has 4 N–H and O–H groups in total. The number of anilines is 1. The van der Waals surface area contributed by atoms with Gasteiger partial charge in [-0.3, -0.25) is 4.57 Å². The third-order valence-electron chi connectivity index (χ3n) is 6.47. The lowest BCUT2D eigenvalue weighted by Gasteiger charge is -2.37. The van der Waals surface area contributed by atoms with Gasteiger partial charge >= 0.3 is 5.69 Å². The van der Waals surface area contributed by atoms with E-state index in [1.165, 1.54) is 12.3 Å². The second kappa shape index (κ2) is 10.0. The van der Waals surface area contributed by atoms with Crippen LogP contribution in [-0.2, 0) is 15.1 Å². The molecule has 8 nitrogen and oxygen atoms in total. The highest BCUT2D eigenvalue weighted by atomic mass is 16.6. The molecule has 1 aliphatic heterocycles. The molecular formula is C28H27N3O5. The number of ether oxygens (including phenoxy) is 2. The monoisotopic (exact) mass is 485 g/mol. The Hall–Kier alpha value is -3.82. The number of nitrogens with two attached hydrogens (primary N) is 1. The van der Waals surface area contributed by atoms with Gasteiger partial charge in [0.15, 0.2) is 6.23 Å². The van der Waals surface area contributed by atoms with Crippen molar-refractivity contribution in [1.82, 2.24) is 9.55 Å². The Kier molecular flexibility index (Phi) is 6.67. The van der Waals surface area contributed by atoms with Crippen LogP contribution in [0.4, 0.5) is 5.82 Å². The molecule has 0 amide bonds. The van der Waals surface area contributed by atoms with Crippen LogP contribution in [0.5, 0.6) is 0 Å². The number of aromatic nitrogens is 2. The lowest BCUT2D eigenvalue weighted by molar-refractivity contribution is -0.0958. The second-order valence-corrected chi connectivity index (χ2v) is 8.68. The van der Waals surface area contributed by atoms with Gasteiger partial charge in [0.05, 0.1) is 6.61 Å². The summed E-state index contributed by atoms with van der Waals surface area (Å²) in [5.41, 5.74) is 6.56. The van der Waals surface area contributed by atoms with E-state index in [2.05, 4.69) is 4.98 Å². The van der Waals surface area contributed by atoms with Crippen LogP contribution in [0.25, 0.3) is 0 Å². The van der Waals surface area contributed by atoms with Gasteiger partial charge in [0.2, 0.25) is 0 Å². The van der Waals surface area contributed by atoms with Gasteiger partial charge < -0.3 is 25.4 Å². The van der Waals surface area contributed by atoms with Crippen molar-refractivity contribution in [2.24, 2.45) is 0 Å². The molecule has 0 saturated carbocycles. The highest BCUT2D eigenvalue weighted by Gasteiger charge is 2.46. The molecule has 184 valence electrons. The summed E-state index contributed by atoms with van der Waals surface area (Å²) in [6.07, 6.45) is -3.31. The first-order valence-electron chi connectivity index (χ1n) is 11.7. The van der Waals surface area contributed by atoms with E-state index >= 15 is 0 Å². The molecule has 0 spiro atoms. The standard InChI is InChI=1S/C28H27N3O5/c29-23-16-17-31(27(34)30-23)26-25(33)24(32)22(36-26)18-35-28(19-10-4-1-5-11-19,20-12-6-2-7-13-20)21-14-8-3-9-15-21/h1-17,22,24-26,32-33H,18H2,(H2,29,30,34)/t22-,24-,25+,26-/m1/s1. The lowest BCUT2D eigenvalue weighted by atomic mass is 9.80. The van der Waals surface area contributed by atoms with Crippen LogP contribution in [0, 0.1) is 0 Å². The molecule has 0 aliphatic carbocycles. The molecule has 36 heavy (non-hydrogen) atoms. The number of benzene rings is 3. The van der Waals surface area contributed by atoms with Crippen LogP contribution in [0.3, 0.4) is 0 Å². The summed E-state index contributed by atoms with van der Waals surface area (Å²) in [5.74, 6) is 0.0579. The third kappa shape index (κ3) is 4.31. The highest BCUT2D eigenvalue weighted by molar-refractivity contribution is 5.47. The molecule has 5 rings (SSSR count). The van der Waals surface area contributed by atoms with Crippen molar-refractivity contribution in [3.63, 3.8) is 0 Å². The summed E-state index contributed by atoms with van der Waals surface area (Å²) in [5, 5.41) is 21.5. The number of aliphatic hydroxyl groups excluding tert-OH is 2. The van der Waals surface area contributed by atoms with E-state index in [0.717, 1.165) is 21.3 Å². The zero-order chi connectivity index (χ0) is 25.1. The highest BCUT2D eigenvalue weighted by Crippen LogP contribution is 2.41. The van der Waals surface area contributed by atoms with Crippen molar-refractivity contribution in [2.45, 2.75) is 30.1 Å². The number of aliphatic hydroxyl groups is 2. The van der Waals surface area contributed by atoms with Gasteiger partial charge in [-0.1, -0.05) is 91.0 Å². The predicted molar refractivity (Wildman–Crippen MR) is 134 cm³/mol. The van der Waals surface area contributed by atoms with Gasteiger partial charge in [-0.05, 0) is 22.8 Å². The van der Waals surface area contributed by atoms with Crippen LogP contribution in [0.2, 0.25) is 0 Å². The zero-order valence-corrected chi connectivity index (χ0v) is 19.4. The van der Waals surface area contributed by atoms with Crippen LogP contribution >= 0.6 is 0 Å². The Morgan fingerprint density at radius 2 is 1.33 bits per heavy atom. The molecule has 2 heterocycles. The maximum Gasteiger partial charge on any atom is 0.351 e. The number of nitrogen functional groups attached to an aromatic ring is 1. The number of hydrogen-bond donors (Lipinski definition) is 3. The van der Waals surface area contributed by atoms with Crippen molar-refractivity contribution >= 4 is 5.82 Å². The molecule has 4 atom stereocenters. The molecule has 8 heteroatoms. The Morgan fingerprint density at radius 3 is 1.81 bits per heavy atom. The topological polar surface area (TPSA) is 120 Å². The maximum atomic E-state index is 12.3. The molecule has 0 bridgehead atoms. The fraction of sp³-hybridized carbons (Fsp3) is 0.214. The van der Waals surface area contributed by atoms with Gasteiger partial charge in [-0.25, -0.2) is 4.79 Å². The Morgan fingerprint density at radius 1 is 0.833 bits per heavy atom. The Balaban J connectivity index is 1.52. The number of rotatable bonds is 7. The van der Waals surface area contributed by atoms with E-state index in [-0.39, 0.29) is 12.4 Å². The largest absolute Gasteiger partial charge is 0.387 e. The lowest BCUT2D eigenvalue weighted by Crippen LogP contribution is -2.39. The number of nitrogens with zero attached hydrogens (tertiary/aromatic N) is 2. The predicted octanol–water partition coefficient (Wildman–Crippen LogP) is 2.45. The molecule has 1 saturated heterocycles. The Labute approximate surface area is 208 Å². The van der Waals surface area contributed by atoms with Crippen molar-refractivity contribution in [3.8, 4) is 0 Å². The summed E-state index contributed by atoms with van der Waals surface area (Å²) in [7, 11) is 0. The van der Waals surface area contributed by atoms with E-state index in [1.54, 1.807) is 0 Å². The fourth-order valence-corrected chi connectivity index (χ4v) is 4.69. The summed E-state index contributed by atoms with van der Waals surface area (Å²) in [6, 6.07) is 30.8. The molecule has 4 aromatic rings. The van der Waals surface area contributed by atoms with Gasteiger partial charge in [-0.2, -0.15) is 4.98 Å². The summed E-state index contributed by atoms with van der Waals surface area (Å²) >= 11 is 0. The van der Waals surface area contributed by atoms with Gasteiger partial charge in [0.25, 0.3) is 0 Å². The molecular weight excluding hydrogens is 458 g/mol. The van der Waals surface area contributed by atoms with E-state index in [1.807, 2.05) is 91.0 Å². The quantitative estimate of drug-likeness (QED) is 0.344. The minimum Gasteiger partial charge on any atom is -0.387 e. The molecule has 3 aromatic carbocycles. The maximum absolute atomic E-state index is 12.3. The fourth-order valence-electron chi connectivity index (χ4n) is 4.69. The van der Waals surface area contributed by atoms with Gasteiger partial charge in [-0.15, -0.1) is 0 Å². The van der Waals surface area contributed by atoms with Crippen molar-refractivity contribution < 1.29 is 19.7 Å². The second-order valence-electron chi connectivity index (χ2n) is 8.68. The summed E-state index contributed by atoms with van der Waals surface area (Å²) in [6.45, 7) is -0.0649. The smallest absolute Gasteiger partial charge is 0.351 e. The molecule has 1 fully saturated rings. The number of hydrogen-bond acceptors (Lipinski definition) is 7. The van der Waals surface area contributed by atoms with E-state index in [4.69, 9.17) is 15.2 Å². The van der Waals surface area contributed by atoms with Crippen molar-refractivity contribution in [2.75, 3.05) is 12.3 Å². The molecule has 1 aliphatic rings. The molecule has 1 aromatic heterocycles. The third-order valence-corrected chi connectivity index (χ3v) is 6.47. The van der Waals surface area contributed by atoms with E-state index < -0.39 is 35.8 Å². The SMILES string of the molecule is Nc1ccn([C@@H]2O[C@H](COC(c3ccccc3)(c3ccccc3)c3ccccc3)[C@@H](O)[C@@H]2O)c(=O)n1. The average molecular weight is 486 g/mol. The normalized spacial score (nSPS) is 21.9. The first-order valence-corrected chi connectivity index (χ1v) is 11.7. The first-order chi connectivity index (χ1) is 17.5. The van der Waals surface area contributed by atoms with E-state index in [0.29, 0.717) is 0 Å². The first kappa shape index (κ1) is 23.9. The molecule has 0 radical (unpaired) electrons. The van der Waals surface area contributed by atoms with Crippen LogP contribution < -0.4 is 11.4 Å². The van der Waals surface area contributed by atoms with Crippen LogP contribution in [-0.4, -0.2) is 44.7 Å².